The zero-order chi connectivity index (χ0) is 19.4. The van der Waals surface area contributed by atoms with Crippen LogP contribution in [0.1, 0.15) is 27.0 Å². The second-order valence-electron chi connectivity index (χ2n) is 6.34. The number of carbonyl (C=O) groups is 1. The van der Waals surface area contributed by atoms with E-state index in [1.165, 1.54) is 0 Å². The lowest BCUT2D eigenvalue weighted by Crippen LogP contribution is -2.13. The van der Waals surface area contributed by atoms with Crippen LogP contribution in [-0.4, -0.2) is 5.91 Å². The van der Waals surface area contributed by atoms with Crippen LogP contribution in [0.3, 0.4) is 0 Å². The van der Waals surface area contributed by atoms with E-state index in [1.54, 1.807) is 30.3 Å². The molecule has 0 aliphatic heterocycles. The van der Waals surface area contributed by atoms with Crippen LogP contribution in [0.4, 0.5) is 5.69 Å². The van der Waals surface area contributed by atoms with Gasteiger partial charge >= 0.3 is 0 Å². The van der Waals surface area contributed by atoms with E-state index in [2.05, 4.69) is 5.32 Å². The first kappa shape index (κ1) is 19.3. The van der Waals surface area contributed by atoms with Crippen LogP contribution in [-0.2, 0) is 6.61 Å². The maximum atomic E-state index is 12.6. The van der Waals surface area contributed by atoms with Gasteiger partial charge in [0.1, 0.15) is 12.4 Å². The molecule has 3 aromatic carbocycles. The van der Waals surface area contributed by atoms with Gasteiger partial charge in [-0.1, -0.05) is 53.0 Å². The lowest BCUT2D eigenvalue weighted by molar-refractivity contribution is 0.102. The number of halogens is 2. The number of amides is 1. The molecule has 5 heteroatoms. The third-order valence-electron chi connectivity index (χ3n) is 4.12. The molecule has 3 rings (SSSR count). The van der Waals surface area contributed by atoms with E-state index in [9.17, 15) is 4.79 Å². The SMILES string of the molecule is Cc1ccc(NC(=O)c2cccc(OCc3ccc(Cl)c(Cl)c3)c2)c(C)c1. The molecule has 0 bridgehead atoms. The van der Waals surface area contributed by atoms with Crippen molar-refractivity contribution in [2.24, 2.45) is 0 Å². The first-order valence-corrected chi connectivity index (χ1v) is 9.23. The van der Waals surface area contributed by atoms with Crippen molar-refractivity contribution >= 4 is 34.8 Å². The molecule has 138 valence electrons. The van der Waals surface area contributed by atoms with Crippen LogP contribution < -0.4 is 10.1 Å². The second kappa shape index (κ2) is 8.47. The summed E-state index contributed by atoms with van der Waals surface area (Å²) in [5.41, 5.74) is 4.41. The highest BCUT2D eigenvalue weighted by Gasteiger charge is 2.09. The molecule has 0 fully saturated rings. The highest BCUT2D eigenvalue weighted by atomic mass is 35.5. The Morgan fingerprint density at radius 2 is 1.78 bits per heavy atom. The minimum absolute atomic E-state index is 0.179. The quantitative estimate of drug-likeness (QED) is 0.535. The van der Waals surface area contributed by atoms with Crippen LogP contribution in [0.2, 0.25) is 10.0 Å². The number of anilines is 1. The molecule has 0 spiro atoms. The number of carbonyl (C=O) groups excluding carboxylic acids is 1. The first-order chi connectivity index (χ1) is 12.9. The van der Waals surface area contributed by atoms with Crippen molar-refractivity contribution < 1.29 is 9.53 Å². The third-order valence-corrected chi connectivity index (χ3v) is 4.85. The summed E-state index contributed by atoms with van der Waals surface area (Å²) in [5, 5.41) is 3.93. The van der Waals surface area contributed by atoms with E-state index in [0.29, 0.717) is 28.0 Å². The Morgan fingerprint density at radius 1 is 0.963 bits per heavy atom. The summed E-state index contributed by atoms with van der Waals surface area (Å²) in [6, 6.07) is 18.3. The van der Waals surface area contributed by atoms with Gasteiger partial charge in [0.25, 0.3) is 5.91 Å². The van der Waals surface area contributed by atoms with Crippen molar-refractivity contribution in [3.63, 3.8) is 0 Å². The van der Waals surface area contributed by atoms with Gasteiger partial charge in [0.15, 0.2) is 0 Å². The van der Waals surface area contributed by atoms with Crippen molar-refractivity contribution in [1.29, 1.82) is 0 Å². The van der Waals surface area contributed by atoms with E-state index < -0.39 is 0 Å². The average molecular weight is 400 g/mol. The van der Waals surface area contributed by atoms with E-state index in [0.717, 1.165) is 22.4 Å². The fraction of sp³-hybridized carbons (Fsp3) is 0.136. The van der Waals surface area contributed by atoms with Gasteiger partial charge in [-0.25, -0.2) is 0 Å². The predicted octanol–water partition coefficient (Wildman–Crippen LogP) is 6.44. The summed E-state index contributed by atoms with van der Waals surface area (Å²) in [6.07, 6.45) is 0. The molecule has 0 aliphatic carbocycles. The minimum Gasteiger partial charge on any atom is -0.489 e. The fourth-order valence-corrected chi connectivity index (χ4v) is 2.99. The van der Waals surface area contributed by atoms with Crippen molar-refractivity contribution in [2.45, 2.75) is 20.5 Å². The molecule has 0 atom stereocenters. The molecule has 0 saturated heterocycles. The summed E-state index contributed by atoms with van der Waals surface area (Å²) in [7, 11) is 0. The molecule has 0 saturated carbocycles. The maximum absolute atomic E-state index is 12.6. The van der Waals surface area contributed by atoms with Gasteiger partial charge in [0, 0.05) is 11.3 Å². The normalized spacial score (nSPS) is 10.5. The summed E-state index contributed by atoms with van der Waals surface area (Å²) in [5.74, 6) is 0.427. The molecule has 27 heavy (non-hydrogen) atoms. The van der Waals surface area contributed by atoms with Crippen molar-refractivity contribution in [3.05, 3.63) is 93.0 Å². The minimum atomic E-state index is -0.179. The summed E-state index contributed by atoms with van der Waals surface area (Å²) >= 11 is 11.9. The Balaban J connectivity index is 1.69. The van der Waals surface area contributed by atoms with Gasteiger partial charge < -0.3 is 10.1 Å². The van der Waals surface area contributed by atoms with Gasteiger partial charge in [-0.2, -0.15) is 0 Å². The number of hydrogen-bond acceptors (Lipinski definition) is 2. The molecule has 3 aromatic rings. The highest BCUT2D eigenvalue weighted by Crippen LogP contribution is 2.24. The van der Waals surface area contributed by atoms with Gasteiger partial charge in [-0.3, -0.25) is 4.79 Å². The smallest absolute Gasteiger partial charge is 0.255 e. The molecule has 3 nitrogen and oxygen atoms in total. The highest BCUT2D eigenvalue weighted by molar-refractivity contribution is 6.42. The van der Waals surface area contributed by atoms with Crippen LogP contribution in [0.25, 0.3) is 0 Å². The molecule has 0 heterocycles. The molecular weight excluding hydrogens is 381 g/mol. The number of rotatable bonds is 5. The summed E-state index contributed by atoms with van der Waals surface area (Å²) in [4.78, 5) is 12.6. The zero-order valence-electron chi connectivity index (χ0n) is 15.1. The van der Waals surface area contributed by atoms with E-state index in [4.69, 9.17) is 27.9 Å². The van der Waals surface area contributed by atoms with Crippen LogP contribution in [0.15, 0.2) is 60.7 Å². The Hall–Kier alpha value is -2.49. The Morgan fingerprint density at radius 3 is 2.52 bits per heavy atom. The first-order valence-electron chi connectivity index (χ1n) is 8.48. The van der Waals surface area contributed by atoms with Gasteiger partial charge in [0.05, 0.1) is 10.0 Å². The van der Waals surface area contributed by atoms with Crippen molar-refractivity contribution in [2.75, 3.05) is 5.32 Å². The predicted molar refractivity (Wildman–Crippen MR) is 111 cm³/mol. The molecular formula is C22H19Cl2NO2. The molecule has 0 unspecified atom stereocenters. The van der Waals surface area contributed by atoms with Gasteiger partial charge in [0.2, 0.25) is 0 Å². The maximum Gasteiger partial charge on any atom is 0.255 e. The molecule has 0 radical (unpaired) electrons. The lowest BCUT2D eigenvalue weighted by atomic mass is 10.1. The Labute approximate surface area is 168 Å². The van der Waals surface area contributed by atoms with Gasteiger partial charge in [-0.05, 0) is 61.4 Å². The number of nitrogens with one attached hydrogen (secondary N) is 1. The molecule has 1 N–H and O–H groups in total. The van der Waals surface area contributed by atoms with Crippen molar-refractivity contribution in [3.8, 4) is 5.75 Å². The zero-order valence-corrected chi connectivity index (χ0v) is 16.6. The summed E-state index contributed by atoms with van der Waals surface area (Å²) < 4.78 is 5.79. The summed E-state index contributed by atoms with van der Waals surface area (Å²) in [6.45, 7) is 4.33. The Kier molecular flexibility index (Phi) is 6.04. The largest absolute Gasteiger partial charge is 0.489 e. The molecule has 0 aliphatic rings. The van der Waals surface area contributed by atoms with Crippen LogP contribution in [0.5, 0.6) is 5.75 Å². The van der Waals surface area contributed by atoms with Crippen LogP contribution in [0, 0.1) is 13.8 Å². The third kappa shape index (κ3) is 5.03. The lowest BCUT2D eigenvalue weighted by Gasteiger charge is -2.11. The number of ether oxygens (including phenoxy) is 1. The Bertz CT molecular complexity index is 986. The fourth-order valence-electron chi connectivity index (χ4n) is 2.67. The van der Waals surface area contributed by atoms with Gasteiger partial charge in [-0.15, -0.1) is 0 Å². The monoisotopic (exact) mass is 399 g/mol. The topological polar surface area (TPSA) is 38.3 Å². The molecule has 0 aromatic heterocycles. The van der Waals surface area contributed by atoms with E-state index in [-0.39, 0.29) is 5.91 Å². The number of hydrogen-bond donors (Lipinski definition) is 1. The molecule has 1 amide bonds. The second-order valence-corrected chi connectivity index (χ2v) is 7.15. The number of aryl methyl sites for hydroxylation is 2. The standard InChI is InChI=1S/C22H19Cl2NO2/c1-14-6-9-21(15(2)10-14)25-22(26)17-4-3-5-18(12-17)27-13-16-7-8-19(23)20(24)11-16/h3-12H,13H2,1-2H3,(H,25,26). The van der Waals surface area contributed by atoms with Crippen LogP contribution >= 0.6 is 23.2 Å². The van der Waals surface area contributed by atoms with E-state index >= 15 is 0 Å². The number of benzene rings is 3. The average Bonchev–Trinajstić information content (AvgIpc) is 2.65. The van der Waals surface area contributed by atoms with Crippen molar-refractivity contribution in [1.82, 2.24) is 0 Å². The van der Waals surface area contributed by atoms with E-state index in [1.807, 2.05) is 44.2 Å².